The van der Waals surface area contributed by atoms with Crippen molar-refractivity contribution in [2.24, 2.45) is 0 Å². The van der Waals surface area contributed by atoms with Gasteiger partial charge in [0.1, 0.15) is 11.2 Å². The van der Waals surface area contributed by atoms with Crippen molar-refractivity contribution in [2.75, 3.05) is 4.90 Å². The summed E-state index contributed by atoms with van der Waals surface area (Å²) < 4.78 is 6.44. The summed E-state index contributed by atoms with van der Waals surface area (Å²) in [6, 6.07) is 70.1. The highest BCUT2D eigenvalue weighted by Crippen LogP contribution is 2.43. The summed E-state index contributed by atoms with van der Waals surface area (Å²) in [6.07, 6.45) is 13.2. The molecule has 380 valence electrons. The smallest absolute Gasteiger partial charge is 0.143 e. The first-order chi connectivity index (χ1) is 37.3. The summed E-state index contributed by atoms with van der Waals surface area (Å²) in [7, 11) is 0. The minimum absolute atomic E-state index is 0.905. The van der Waals surface area contributed by atoms with Gasteiger partial charge in [-0.2, -0.15) is 0 Å². The molecule has 0 saturated carbocycles. The van der Waals surface area contributed by atoms with Crippen LogP contribution in [0.25, 0.3) is 93.8 Å². The van der Waals surface area contributed by atoms with Crippen molar-refractivity contribution in [2.45, 2.75) is 74.7 Å². The normalized spacial score (nSPS) is 11.2. The first-order valence-electron chi connectivity index (χ1n) is 27.1. The second-order valence-electron chi connectivity index (χ2n) is 18.8. The zero-order valence-electron chi connectivity index (χ0n) is 45.8. The van der Waals surface area contributed by atoms with E-state index < -0.39 is 0 Å². The molecule has 3 nitrogen and oxygen atoms in total. The van der Waals surface area contributed by atoms with Gasteiger partial charge in [-0.1, -0.05) is 237 Å². The molecule has 2 heterocycles. The topological polar surface area (TPSA) is 32.2 Å². The second kappa shape index (κ2) is 25.5. The van der Waals surface area contributed by atoms with E-state index in [9.17, 15) is 0 Å². The summed E-state index contributed by atoms with van der Waals surface area (Å²) in [5, 5.41) is 4.74. The maximum atomic E-state index is 6.44. The van der Waals surface area contributed by atoms with Gasteiger partial charge < -0.3 is 14.3 Å². The molecule has 1 N–H and O–H groups in total. The number of allylic oxidation sites excluding steroid dienone is 6. The summed E-state index contributed by atoms with van der Waals surface area (Å²) in [4.78, 5) is 6.14. The van der Waals surface area contributed by atoms with Crippen LogP contribution in [0.3, 0.4) is 0 Å². The third-order valence-corrected chi connectivity index (χ3v) is 13.5. The van der Waals surface area contributed by atoms with Gasteiger partial charge in [-0.3, -0.25) is 0 Å². The molecule has 9 aromatic carbocycles. The van der Waals surface area contributed by atoms with Crippen molar-refractivity contribution in [1.82, 2.24) is 4.98 Å². The molecule has 3 heteroatoms. The average molecular weight is 993 g/mol. The Morgan fingerprint density at radius 2 is 1.11 bits per heavy atom. The monoisotopic (exact) mass is 993 g/mol. The fourth-order valence-corrected chi connectivity index (χ4v) is 10.1. The van der Waals surface area contributed by atoms with Crippen LogP contribution >= 0.6 is 0 Å². The van der Waals surface area contributed by atoms with Gasteiger partial charge in [-0.15, -0.1) is 0 Å². The first-order valence-corrected chi connectivity index (χ1v) is 27.1. The zero-order chi connectivity index (χ0) is 53.6. The molecule has 2 aromatic heterocycles. The number of para-hydroxylation sites is 3. The lowest BCUT2D eigenvalue weighted by atomic mass is 9.91. The first kappa shape index (κ1) is 53.6. The van der Waals surface area contributed by atoms with Gasteiger partial charge in [0.2, 0.25) is 0 Å². The van der Waals surface area contributed by atoms with Crippen molar-refractivity contribution < 1.29 is 4.42 Å². The lowest BCUT2D eigenvalue weighted by Gasteiger charge is -2.27. The predicted molar refractivity (Wildman–Crippen MR) is 334 cm³/mol. The standard InChI is InChI=1S/C63H50N2O.C5H8.C3H8.C2H6/c1-5-7-16-43(6-2)54-21-13-24-58-61-53(20-15-25-59(61)64-62(54)58)47-31-37-51(41(3)39-47)52-38-36-50(40-42(52)4)65(48-32-27-45(28-33-48)44-17-9-8-10-18-44)49-34-29-46(30-35-49)55-22-14-23-57-56-19-11-12-26-60(56)66-63(55)57;1-3-5-4-2;1-3-2;1-2/h6,8-40,64H,2,5,7H2,1,3-4H3;3-5H,1H2,2H3;3H2,1-2H3;1-2H3/b43-16+;5-4-;;. The number of furan rings is 1. The number of anilines is 3. The number of aryl methyl sites for hydroxylation is 2. The summed E-state index contributed by atoms with van der Waals surface area (Å²) in [6.45, 7) is 24.5. The number of nitrogens with zero attached hydrogens (tertiary/aromatic N) is 1. The Labute approximate surface area is 451 Å². The number of hydrogen-bond donors (Lipinski definition) is 1. The van der Waals surface area contributed by atoms with E-state index in [0.717, 1.165) is 74.0 Å². The Morgan fingerprint density at radius 1 is 0.539 bits per heavy atom. The molecular formula is C73H72N2O. The van der Waals surface area contributed by atoms with Crippen LogP contribution in [0, 0.1) is 13.8 Å². The molecule has 0 amide bonds. The quantitative estimate of drug-likeness (QED) is 0.124. The number of fused-ring (bicyclic) bond motifs is 6. The van der Waals surface area contributed by atoms with Gasteiger partial charge in [0.05, 0.1) is 5.52 Å². The number of nitrogens with one attached hydrogen (secondary N) is 1. The zero-order valence-corrected chi connectivity index (χ0v) is 45.8. The molecule has 0 spiro atoms. The highest BCUT2D eigenvalue weighted by Gasteiger charge is 2.19. The van der Waals surface area contributed by atoms with Gasteiger partial charge in [0.15, 0.2) is 0 Å². The largest absolute Gasteiger partial charge is 0.455 e. The summed E-state index contributed by atoms with van der Waals surface area (Å²) >= 11 is 0. The molecule has 0 aliphatic carbocycles. The number of aromatic amines is 1. The number of unbranched alkanes of at least 4 members (excludes halogenated alkanes) is 1. The van der Waals surface area contributed by atoms with Crippen LogP contribution in [-0.4, -0.2) is 4.98 Å². The third kappa shape index (κ3) is 11.4. The van der Waals surface area contributed by atoms with Gasteiger partial charge in [0, 0.05) is 55.3 Å². The van der Waals surface area contributed by atoms with E-state index in [-0.39, 0.29) is 0 Å². The number of aromatic nitrogens is 1. The van der Waals surface area contributed by atoms with Crippen LogP contribution in [0.4, 0.5) is 17.1 Å². The number of benzene rings is 9. The molecule has 0 fully saturated rings. The summed E-state index contributed by atoms with van der Waals surface area (Å²) in [5.41, 5.74) is 21.7. The fraction of sp³-hybridized carbons (Fsp3) is 0.151. The van der Waals surface area contributed by atoms with Crippen molar-refractivity contribution >= 4 is 66.4 Å². The van der Waals surface area contributed by atoms with Crippen LogP contribution in [0.2, 0.25) is 0 Å². The van der Waals surface area contributed by atoms with Gasteiger partial charge in [-0.25, -0.2) is 0 Å². The lowest BCUT2D eigenvalue weighted by Crippen LogP contribution is -2.10. The van der Waals surface area contributed by atoms with E-state index in [2.05, 4.69) is 246 Å². The van der Waals surface area contributed by atoms with Crippen LogP contribution in [0.1, 0.15) is 77.5 Å². The van der Waals surface area contributed by atoms with E-state index >= 15 is 0 Å². The minimum atomic E-state index is 0.905. The minimum Gasteiger partial charge on any atom is -0.455 e. The molecule has 0 saturated heterocycles. The Bertz CT molecular complexity index is 3790. The number of H-pyrrole nitrogens is 1. The van der Waals surface area contributed by atoms with E-state index in [1.54, 1.807) is 6.08 Å². The van der Waals surface area contributed by atoms with Crippen LogP contribution in [0.5, 0.6) is 0 Å². The highest BCUT2D eigenvalue weighted by molar-refractivity contribution is 6.16. The summed E-state index contributed by atoms with van der Waals surface area (Å²) in [5.74, 6) is 0. The highest BCUT2D eigenvalue weighted by atomic mass is 16.3. The fourth-order valence-electron chi connectivity index (χ4n) is 10.1. The van der Waals surface area contributed by atoms with Gasteiger partial charge in [0.25, 0.3) is 0 Å². The second-order valence-corrected chi connectivity index (χ2v) is 18.8. The Morgan fingerprint density at radius 3 is 1.75 bits per heavy atom. The van der Waals surface area contributed by atoms with E-state index in [4.69, 9.17) is 4.42 Å². The Hall–Kier alpha value is -8.66. The van der Waals surface area contributed by atoms with Gasteiger partial charge >= 0.3 is 0 Å². The van der Waals surface area contributed by atoms with Crippen molar-refractivity contribution in [3.63, 3.8) is 0 Å². The maximum Gasteiger partial charge on any atom is 0.143 e. The van der Waals surface area contributed by atoms with Crippen molar-refractivity contribution in [3.05, 3.63) is 254 Å². The van der Waals surface area contributed by atoms with Crippen LogP contribution < -0.4 is 4.90 Å². The molecule has 11 rings (SSSR count). The molecule has 0 aliphatic rings. The molecule has 0 aliphatic heterocycles. The SMILES string of the molecule is C=C/C(=C\CCC)c1cccc2c1[nH]c1cccc(-c3ccc(-c4ccc(N(c5ccc(-c6ccccc6)cc5)c5ccc(-c6cccc7c6oc6ccccc67)cc5)cc4C)c(C)c3)c12.C=C/C=C\C.CC.CCC. The number of hydrogen-bond acceptors (Lipinski definition) is 2. The maximum absolute atomic E-state index is 6.44. The predicted octanol–water partition coefficient (Wildman–Crippen LogP) is 22.5. The van der Waals surface area contributed by atoms with E-state index in [0.29, 0.717) is 0 Å². The molecular weight excluding hydrogens is 921 g/mol. The van der Waals surface area contributed by atoms with Crippen molar-refractivity contribution in [1.29, 1.82) is 0 Å². The molecule has 0 unspecified atom stereocenters. The lowest BCUT2D eigenvalue weighted by molar-refractivity contribution is 0.670. The number of rotatable bonds is 12. The average Bonchev–Trinajstić information content (AvgIpc) is 4.06. The Kier molecular flexibility index (Phi) is 18.0. The van der Waals surface area contributed by atoms with Crippen LogP contribution in [-0.2, 0) is 0 Å². The molecule has 0 radical (unpaired) electrons. The van der Waals surface area contributed by atoms with E-state index in [1.165, 1.54) is 72.8 Å². The Balaban J connectivity index is 0.000000710. The molecule has 0 bridgehead atoms. The third-order valence-electron chi connectivity index (χ3n) is 13.5. The molecule has 11 aromatic rings. The van der Waals surface area contributed by atoms with Gasteiger partial charge in [-0.05, 0) is 131 Å². The van der Waals surface area contributed by atoms with E-state index in [1.807, 2.05) is 51.1 Å². The van der Waals surface area contributed by atoms with Crippen LogP contribution in [0.15, 0.2) is 242 Å². The molecule has 0 atom stereocenters. The van der Waals surface area contributed by atoms with Crippen molar-refractivity contribution in [3.8, 4) is 44.5 Å². The molecule has 76 heavy (non-hydrogen) atoms.